The van der Waals surface area contributed by atoms with E-state index in [0.717, 1.165) is 29.3 Å². The second-order valence-corrected chi connectivity index (χ2v) is 5.81. The number of carboxylic acid groups (broad SMARTS) is 1. The van der Waals surface area contributed by atoms with E-state index in [1.165, 1.54) is 0 Å². The molecule has 0 radical (unpaired) electrons. The summed E-state index contributed by atoms with van der Waals surface area (Å²) in [6, 6.07) is 9.48. The maximum absolute atomic E-state index is 12.3. The fourth-order valence-electron chi connectivity index (χ4n) is 3.16. The van der Waals surface area contributed by atoms with Gasteiger partial charge in [-0.15, -0.1) is 0 Å². The van der Waals surface area contributed by atoms with Crippen molar-refractivity contribution >= 4 is 22.8 Å². The lowest BCUT2D eigenvalue weighted by Gasteiger charge is -2.25. The van der Waals surface area contributed by atoms with Crippen LogP contribution >= 0.6 is 0 Å². The zero-order valence-corrected chi connectivity index (χ0v) is 12.2. The molecule has 1 aromatic carbocycles. The highest BCUT2D eigenvalue weighted by Crippen LogP contribution is 2.30. The van der Waals surface area contributed by atoms with Crippen molar-refractivity contribution in [3.8, 4) is 0 Å². The average molecular weight is 298 g/mol. The maximum atomic E-state index is 12.3. The Hall–Kier alpha value is -2.43. The third-order valence-electron chi connectivity index (χ3n) is 4.31. The van der Waals surface area contributed by atoms with Crippen LogP contribution in [0.5, 0.6) is 0 Å². The molecule has 0 saturated heterocycles. The average Bonchev–Trinajstić information content (AvgIpc) is 2.97. The molecule has 3 rings (SSSR count). The number of nitrogens with one attached hydrogen (secondary N) is 1. The second-order valence-electron chi connectivity index (χ2n) is 5.81. The summed E-state index contributed by atoms with van der Waals surface area (Å²) in [5.74, 6) is -1.20. The molecule has 1 amide bonds. The van der Waals surface area contributed by atoms with E-state index in [2.05, 4.69) is 10.3 Å². The quantitative estimate of drug-likeness (QED) is 0.907. The molecule has 0 aliphatic heterocycles. The molecule has 22 heavy (non-hydrogen) atoms. The highest BCUT2D eigenvalue weighted by Gasteiger charge is 2.42. The SMILES string of the molecule is O=C(Cc1cccc2cccnc12)NC1(C(=O)O)CCCC1. The van der Waals surface area contributed by atoms with Gasteiger partial charge in [0.05, 0.1) is 11.9 Å². The van der Waals surface area contributed by atoms with Gasteiger partial charge in [0, 0.05) is 11.6 Å². The molecule has 1 aliphatic carbocycles. The maximum Gasteiger partial charge on any atom is 0.329 e. The van der Waals surface area contributed by atoms with Crippen molar-refractivity contribution in [3.63, 3.8) is 0 Å². The number of benzene rings is 1. The molecule has 2 aromatic rings. The van der Waals surface area contributed by atoms with Gasteiger partial charge in [-0.05, 0) is 24.5 Å². The molecule has 0 atom stereocenters. The summed E-state index contributed by atoms with van der Waals surface area (Å²) in [6.07, 6.45) is 4.51. The summed E-state index contributed by atoms with van der Waals surface area (Å²) < 4.78 is 0. The zero-order valence-electron chi connectivity index (χ0n) is 12.2. The Labute approximate surface area is 128 Å². The van der Waals surface area contributed by atoms with Crippen LogP contribution in [0, 0.1) is 0 Å². The summed E-state index contributed by atoms with van der Waals surface area (Å²) in [4.78, 5) is 28.1. The Balaban J connectivity index is 1.80. The monoisotopic (exact) mass is 298 g/mol. The first-order valence-corrected chi connectivity index (χ1v) is 7.48. The summed E-state index contributed by atoms with van der Waals surface area (Å²) in [6.45, 7) is 0. The Morgan fingerprint density at radius 1 is 1.18 bits per heavy atom. The molecule has 5 heteroatoms. The Morgan fingerprint density at radius 2 is 1.91 bits per heavy atom. The van der Waals surface area contributed by atoms with Gasteiger partial charge in [-0.1, -0.05) is 37.1 Å². The lowest BCUT2D eigenvalue weighted by atomic mass is 9.97. The van der Waals surface area contributed by atoms with Gasteiger partial charge in [0.15, 0.2) is 0 Å². The minimum atomic E-state index is -1.09. The van der Waals surface area contributed by atoms with Crippen LogP contribution in [0.25, 0.3) is 10.9 Å². The number of hydrogen-bond acceptors (Lipinski definition) is 3. The number of rotatable bonds is 4. The number of nitrogens with zero attached hydrogens (tertiary/aromatic N) is 1. The number of aromatic nitrogens is 1. The molecular weight excluding hydrogens is 280 g/mol. The van der Waals surface area contributed by atoms with Crippen molar-refractivity contribution in [3.05, 3.63) is 42.1 Å². The Bertz CT molecular complexity index is 715. The highest BCUT2D eigenvalue weighted by molar-refractivity contribution is 5.91. The van der Waals surface area contributed by atoms with Gasteiger partial charge in [-0.3, -0.25) is 9.78 Å². The minimum absolute atomic E-state index is 0.142. The summed E-state index contributed by atoms with van der Waals surface area (Å²) >= 11 is 0. The van der Waals surface area contributed by atoms with Crippen LogP contribution in [-0.2, 0) is 16.0 Å². The first kappa shape index (κ1) is 14.5. The summed E-state index contributed by atoms with van der Waals surface area (Å²) in [5.41, 5.74) is 0.514. The molecule has 0 spiro atoms. The zero-order chi connectivity index (χ0) is 15.6. The number of amides is 1. The Morgan fingerprint density at radius 3 is 2.64 bits per heavy atom. The first-order chi connectivity index (χ1) is 10.6. The predicted octanol–water partition coefficient (Wildman–Crippen LogP) is 2.29. The van der Waals surface area contributed by atoms with Crippen LogP contribution in [0.4, 0.5) is 0 Å². The minimum Gasteiger partial charge on any atom is -0.480 e. The standard InChI is InChI=1S/C17H18N2O3/c20-14(19-17(16(21)22)8-1-2-9-17)11-13-6-3-5-12-7-4-10-18-15(12)13/h3-7,10H,1-2,8-9,11H2,(H,19,20)(H,21,22). The van der Waals surface area contributed by atoms with Gasteiger partial charge < -0.3 is 10.4 Å². The smallest absolute Gasteiger partial charge is 0.329 e. The van der Waals surface area contributed by atoms with Crippen molar-refractivity contribution in [1.29, 1.82) is 0 Å². The van der Waals surface area contributed by atoms with Gasteiger partial charge in [0.25, 0.3) is 0 Å². The van der Waals surface area contributed by atoms with Gasteiger partial charge in [-0.2, -0.15) is 0 Å². The van der Waals surface area contributed by atoms with E-state index >= 15 is 0 Å². The van der Waals surface area contributed by atoms with E-state index in [1.807, 2.05) is 30.3 Å². The van der Waals surface area contributed by atoms with Gasteiger partial charge in [0.2, 0.25) is 5.91 Å². The van der Waals surface area contributed by atoms with Gasteiger partial charge >= 0.3 is 5.97 Å². The van der Waals surface area contributed by atoms with Crippen LogP contribution in [0.3, 0.4) is 0 Å². The number of hydrogen-bond donors (Lipinski definition) is 2. The fraction of sp³-hybridized carbons (Fsp3) is 0.353. The Kier molecular flexibility index (Phi) is 3.79. The van der Waals surface area contributed by atoms with Gasteiger partial charge in [-0.25, -0.2) is 4.79 Å². The van der Waals surface area contributed by atoms with Crippen LogP contribution in [0.1, 0.15) is 31.2 Å². The van der Waals surface area contributed by atoms with E-state index in [1.54, 1.807) is 6.20 Å². The van der Waals surface area contributed by atoms with Crippen molar-refractivity contribution < 1.29 is 14.7 Å². The number of carbonyl (C=O) groups is 2. The third-order valence-corrected chi connectivity index (χ3v) is 4.31. The highest BCUT2D eigenvalue weighted by atomic mass is 16.4. The van der Waals surface area contributed by atoms with E-state index in [-0.39, 0.29) is 12.3 Å². The normalized spacial score (nSPS) is 16.5. The number of pyridine rings is 1. The molecule has 1 heterocycles. The molecular formula is C17H18N2O3. The van der Waals surface area contributed by atoms with Crippen LogP contribution in [0.2, 0.25) is 0 Å². The molecule has 1 fully saturated rings. The molecule has 0 bridgehead atoms. The van der Waals surface area contributed by atoms with Gasteiger partial charge in [0.1, 0.15) is 5.54 Å². The molecule has 1 aliphatic rings. The second kappa shape index (κ2) is 5.75. The lowest BCUT2D eigenvalue weighted by Crippen LogP contribution is -2.52. The molecule has 2 N–H and O–H groups in total. The molecule has 1 aromatic heterocycles. The van der Waals surface area contributed by atoms with Crippen molar-refractivity contribution in [1.82, 2.24) is 10.3 Å². The number of carboxylic acids is 1. The van der Waals surface area contributed by atoms with E-state index < -0.39 is 11.5 Å². The molecule has 1 saturated carbocycles. The molecule has 114 valence electrons. The third kappa shape index (κ3) is 2.66. The molecule has 5 nitrogen and oxygen atoms in total. The predicted molar refractivity (Wildman–Crippen MR) is 82.4 cm³/mol. The summed E-state index contributed by atoms with van der Waals surface area (Å²) in [5, 5.41) is 13.1. The summed E-state index contributed by atoms with van der Waals surface area (Å²) in [7, 11) is 0. The van der Waals surface area contributed by atoms with E-state index in [4.69, 9.17) is 0 Å². The lowest BCUT2D eigenvalue weighted by molar-refractivity contribution is -0.147. The van der Waals surface area contributed by atoms with Crippen LogP contribution < -0.4 is 5.32 Å². The largest absolute Gasteiger partial charge is 0.480 e. The van der Waals surface area contributed by atoms with Crippen LogP contribution in [0.15, 0.2) is 36.5 Å². The number of fused-ring (bicyclic) bond motifs is 1. The van der Waals surface area contributed by atoms with Crippen molar-refractivity contribution in [2.24, 2.45) is 0 Å². The number of para-hydroxylation sites is 1. The van der Waals surface area contributed by atoms with Crippen molar-refractivity contribution in [2.75, 3.05) is 0 Å². The van der Waals surface area contributed by atoms with Crippen LogP contribution in [-0.4, -0.2) is 27.5 Å². The first-order valence-electron chi connectivity index (χ1n) is 7.48. The van der Waals surface area contributed by atoms with E-state index in [0.29, 0.717) is 12.8 Å². The number of carbonyl (C=O) groups excluding carboxylic acids is 1. The molecule has 0 unspecified atom stereocenters. The van der Waals surface area contributed by atoms with E-state index in [9.17, 15) is 14.7 Å². The fourth-order valence-corrected chi connectivity index (χ4v) is 3.16. The topological polar surface area (TPSA) is 79.3 Å². The van der Waals surface area contributed by atoms with Crippen molar-refractivity contribution in [2.45, 2.75) is 37.6 Å². The number of aliphatic carboxylic acids is 1.